The zero-order valence-electron chi connectivity index (χ0n) is 9.67. The Bertz CT molecular complexity index is 497. The summed E-state index contributed by atoms with van der Waals surface area (Å²) in [6, 6.07) is 1.43. The molecule has 0 saturated heterocycles. The maximum atomic E-state index is 13.1. The van der Waals surface area contributed by atoms with Crippen LogP contribution < -0.4 is 5.32 Å². The SMILES string of the molecule is O=C(O)C(Nc1ccc(F)c(C(F)(F)F)c1)C1CC1. The first-order valence-corrected chi connectivity index (χ1v) is 5.65. The fourth-order valence-electron chi connectivity index (χ4n) is 1.82. The Labute approximate surface area is 106 Å². The zero-order chi connectivity index (χ0) is 14.2. The molecule has 2 rings (SSSR count). The minimum absolute atomic E-state index is 0.0481. The summed E-state index contributed by atoms with van der Waals surface area (Å²) in [6.45, 7) is 0. The molecule has 0 spiro atoms. The van der Waals surface area contributed by atoms with Gasteiger partial charge in [0.2, 0.25) is 0 Å². The summed E-state index contributed by atoms with van der Waals surface area (Å²) in [7, 11) is 0. The number of hydrogen-bond donors (Lipinski definition) is 2. The van der Waals surface area contributed by atoms with E-state index < -0.39 is 29.6 Å². The van der Waals surface area contributed by atoms with Crippen LogP contribution >= 0.6 is 0 Å². The van der Waals surface area contributed by atoms with Crippen LogP contribution in [0.25, 0.3) is 0 Å². The number of alkyl halides is 3. The molecular weight excluding hydrogens is 266 g/mol. The summed E-state index contributed by atoms with van der Waals surface area (Å²) in [6.07, 6.45) is -3.37. The van der Waals surface area contributed by atoms with Crippen molar-refractivity contribution in [2.75, 3.05) is 5.32 Å². The number of halogens is 4. The predicted molar refractivity (Wildman–Crippen MR) is 59.2 cm³/mol. The van der Waals surface area contributed by atoms with E-state index in [-0.39, 0.29) is 11.6 Å². The molecule has 1 saturated carbocycles. The van der Waals surface area contributed by atoms with Gasteiger partial charge in [0, 0.05) is 5.69 Å². The number of carboxylic acids is 1. The Balaban J connectivity index is 2.23. The van der Waals surface area contributed by atoms with E-state index in [1.165, 1.54) is 0 Å². The maximum Gasteiger partial charge on any atom is 0.419 e. The molecule has 7 heteroatoms. The van der Waals surface area contributed by atoms with Crippen molar-refractivity contribution in [3.8, 4) is 0 Å². The normalized spacial score (nSPS) is 17.1. The van der Waals surface area contributed by atoms with Crippen molar-refractivity contribution in [2.45, 2.75) is 25.1 Å². The van der Waals surface area contributed by atoms with Gasteiger partial charge in [0.25, 0.3) is 0 Å². The van der Waals surface area contributed by atoms with E-state index in [2.05, 4.69) is 5.32 Å². The summed E-state index contributed by atoms with van der Waals surface area (Å²) >= 11 is 0. The lowest BCUT2D eigenvalue weighted by molar-refractivity contribution is -0.140. The molecule has 0 aromatic heterocycles. The molecule has 1 aliphatic carbocycles. The number of benzene rings is 1. The van der Waals surface area contributed by atoms with Crippen LogP contribution in [0.3, 0.4) is 0 Å². The van der Waals surface area contributed by atoms with Crippen molar-refractivity contribution in [1.29, 1.82) is 0 Å². The smallest absolute Gasteiger partial charge is 0.419 e. The second kappa shape index (κ2) is 4.71. The highest BCUT2D eigenvalue weighted by atomic mass is 19.4. The minimum Gasteiger partial charge on any atom is -0.480 e. The Morgan fingerprint density at radius 1 is 1.37 bits per heavy atom. The second-order valence-electron chi connectivity index (χ2n) is 4.49. The van der Waals surface area contributed by atoms with E-state index in [1.54, 1.807) is 0 Å². The molecule has 1 atom stereocenters. The third-order valence-electron chi connectivity index (χ3n) is 2.95. The second-order valence-corrected chi connectivity index (χ2v) is 4.49. The van der Waals surface area contributed by atoms with Gasteiger partial charge in [-0.3, -0.25) is 0 Å². The number of carboxylic acid groups (broad SMARTS) is 1. The quantitative estimate of drug-likeness (QED) is 0.831. The van der Waals surface area contributed by atoms with Crippen LogP contribution in [0.15, 0.2) is 18.2 Å². The summed E-state index contributed by atoms with van der Waals surface area (Å²) in [4.78, 5) is 11.0. The highest BCUT2D eigenvalue weighted by Crippen LogP contribution is 2.36. The average Bonchev–Trinajstić information content (AvgIpc) is 3.09. The number of rotatable bonds is 4. The van der Waals surface area contributed by atoms with Crippen LogP contribution in [0.2, 0.25) is 0 Å². The van der Waals surface area contributed by atoms with Crippen LogP contribution in [-0.4, -0.2) is 17.1 Å². The molecule has 1 unspecified atom stereocenters. The monoisotopic (exact) mass is 277 g/mol. The van der Waals surface area contributed by atoms with Crippen molar-refractivity contribution < 1.29 is 27.5 Å². The molecule has 1 fully saturated rings. The minimum atomic E-state index is -4.81. The fourth-order valence-corrected chi connectivity index (χ4v) is 1.82. The summed E-state index contributed by atoms with van der Waals surface area (Å²) in [5.41, 5.74) is -1.45. The van der Waals surface area contributed by atoms with Crippen molar-refractivity contribution in [2.24, 2.45) is 5.92 Å². The molecule has 0 aliphatic heterocycles. The number of anilines is 1. The predicted octanol–water partition coefficient (Wildman–Crippen LogP) is 3.12. The highest BCUT2D eigenvalue weighted by Gasteiger charge is 2.37. The van der Waals surface area contributed by atoms with E-state index in [9.17, 15) is 22.4 Å². The number of hydrogen-bond acceptors (Lipinski definition) is 2. The van der Waals surface area contributed by atoms with Crippen molar-refractivity contribution in [3.63, 3.8) is 0 Å². The summed E-state index contributed by atoms with van der Waals surface area (Å²) in [5.74, 6) is -2.59. The van der Waals surface area contributed by atoms with Gasteiger partial charge in [0.1, 0.15) is 11.9 Å². The third-order valence-corrected chi connectivity index (χ3v) is 2.95. The van der Waals surface area contributed by atoms with Crippen LogP contribution in [0.5, 0.6) is 0 Å². The standard InChI is InChI=1S/C12H11F4NO2/c13-9-4-3-7(5-8(9)12(14,15)16)17-10(11(18)19)6-1-2-6/h3-6,10,17H,1-2H2,(H,18,19). The molecule has 3 nitrogen and oxygen atoms in total. The van der Waals surface area contributed by atoms with Crippen LogP contribution in [0, 0.1) is 11.7 Å². The summed E-state index contributed by atoms with van der Waals surface area (Å²) < 4.78 is 50.6. The van der Waals surface area contributed by atoms with Crippen molar-refractivity contribution >= 4 is 11.7 Å². The van der Waals surface area contributed by atoms with E-state index in [0.717, 1.165) is 18.9 Å². The van der Waals surface area contributed by atoms with Gasteiger partial charge in [-0.05, 0) is 37.0 Å². The molecule has 1 aliphatic rings. The molecule has 0 heterocycles. The molecular formula is C12H11F4NO2. The third kappa shape index (κ3) is 3.15. The van der Waals surface area contributed by atoms with E-state index in [0.29, 0.717) is 12.1 Å². The summed E-state index contributed by atoms with van der Waals surface area (Å²) in [5, 5.41) is 11.5. The first-order chi connectivity index (χ1) is 8.79. The first-order valence-electron chi connectivity index (χ1n) is 5.65. The molecule has 19 heavy (non-hydrogen) atoms. The van der Waals surface area contributed by atoms with E-state index >= 15 is 0 Å². The number of carbonyl (C=O) groups is 1. The zero-order valence-corrected chi connectivity index (χ0v) is 9.67. The van der Waals surface area contributed by atoms with Gasteiger partial charge in [0.15, 0.2) is 0 Å². The molecule has 0 radical (unpaired) electrons. The number of nitrogens with one attached hydrogen (secondary N) is 1. The Hall–Kier alpha value is -1.79. The van der Waals surface area contributed by atoms with Gasteiger partial charge in [0.05, 0.1) is 5.56 Å². The lowest BCUT2D eigenvalue weighted by Gasteiger charge is -2.16. The lowest BCUT2D eigenvalue weighted by Crippen LogP contribution is -2.31. The van der Waals surface area contributed by atoms with Gasteiger partial charge in [-0.2, -0.15) is 13.2 Å². The molecule has 1 aromatic carbocycles. The first kappa shape index (κ1) is 13.6. The Morgan fingerprint density at radius 3 is 2.47 bits per heavy atom. The Kier molecular flexibility index (Phi) is 3.38. The average molecular weight is 277 g/mol. The molecule has 2 N–H and O–H groups in total. The largest absolute Gasteiger partial charge is 0.480 e. The topological polar surface area (TPSA) is 49.3 Å². The van der Waals surface area contributed by atoms with Gasteiger partial charge in [-0.25, -0.2) is 9.18 Å². The molecule has 0 amide bonds. The fraction of sp³-hybridized carbons (Fsp3) is 0.417. The highest BCUT2D eigenvalue weighted by molar-refractivity contribution is 5.78. The van der Waals surface area contributed by atoms with Crippen molar-refractivity contribution in [3.05, 3.63) is 29.6 Å². The number of aliphatic carboxylic acids is 1. The lowest BCUT2D eigenvalue weighted by atomic mass is 10.1. The maximum absolute atomic E-state index is 13.1. The van der Waals surface area contributed by atoms with E-state index in [1.807, 2.05) is 0 Å². The van der Waals surface area contributed by atoms with Crippen LogP contribution in [0.1, 0.15) is 18.4 Å². The Morgan fingerprint density at radius 2 is 2.00 bits per heavy atom. The van der Waals surface area contributed by atoms with Crippen LogP contribution in [0.4, 0.5) is 23.2 Å². The van der Waals surface area contributed by atoms with Gasteiger partial charge >= 0.3 is 12.1 Å². The molecule has 0 bridgehead atoms. The van der Waals surface area contributed by atoms with Crippen molar-refractivity contribution in [1.82, 2.24) is 0 Å². The van der Waals surface area contributed by atoms with Gasteiger partial charge in [-0.1, -0.05) is 0 Å². The van der Waals surface area contributed by atoms with Crippen LogP contribution in [-0.2, 0) is 11.0 Å². The van der Waals surface area contributed by atoms with Gasteiger partial charge in [-0.15, -0.1) is 0 Å². The molecule has 104 valence electrons. The van der Waals surface area contributed by atoms with Gasteiger partial charge < -0.3 is 10.4 Å². The molecule has 1 aromatic rings. The van der Waals surface area contributed by atoms with E-state index in [4.69, 9.17) is 5.11 Å².